The van der Waals surface area contributed by atoms with Gasteiger partial charge in [-0.2, -0.15) is 0 Å². The number of methoxy groups -OCH3 is 1. The lowest BCUT2D eigenvalue weighted by atomic mass is 10.2. The van der Waals surface area contributed by atoms with Gasteiger partial charge in [-0.05, 0) is 41.6 Å². The van der Waals surface area contributed by atoms with Gasteiger partial charge in [0.2, 0.25) is 0 Å². The van der Waals surface area contributed by atoms with Crippen molar-refractivity contribution in [3.8, 4) is 5.75 Å². The molecule has 0 spiro atoms. The van der Waals surface area contributed by atoms with Crippen LogP contribution in [-0.4, -0.2) is 23.2 Å². The van der Waals surface area contributed by atoms with Crippen LogP contribution in [0.4, 0.5) is 9.18 Å². The lowest BCUT2D eigenvalue weighted by molar-refractivity contribution is -0.123. The molecule has 1 saturated heterocycles. The molecular formula is C18H14FNO3S. The molecule has 0 aliphatic carbocycles. The standard InChI is InChI=1S/C18H14FNO3S/c1-23-14-8-6-12(7-9-14)10-16-17(21)20(18(22)24-16)11-13-4-2-3-5-15(13)19/h2-10H,11H2,1H3/b16-10+. The maximum Gasteiger partial charge on any atom is 0.293 e. The molecule has 0 aromatic heterocycles. The van der Waals surface area contributed by atoms with Crippen LogP contribution in [0.15, 0.2) is 53.4 Å². The molecule has 1 aliphatic rings. The second-order valence-corrected chi connectivity index (χ2v) is 6.13. The Morgan fingerprint density at radius 1 is 1.12 bits per heavy atom. The molecule has 0 bridgehead atoms. The van der Waals surface area contributed by atoms with Crippen LogP contribution in [0.1, 0.15) is 11.1 Å². The van der Waals surface area contributed by atoms with Crippen LogP contribution in [0.2, 0.25) is 0 Å². The summed E-state index contributed by atoms with van der Waals surface area (Å²) in [7, 11) is 1.57. The number of ether oxygens (including phenoxy) is 1. The molecule has 2 amide bonds. The summed E-state index contributed by atoms with van der Waals surface area (Å²) in [6.45, 7) is -0.0721. The molecule has 0 saturated carbocycles. The van der Waals surface area contributed by atoms with Crippen LogP contribution < -0.4 is 4.74 Å². The Morgan fingerprint density at radius 3 is 2.50 bits per heavy atom. The van der Waals surface area contributed by atoms with E-state index in [0.29, 0.717) is 16.2 Å². The first-order valence-electron chi connectivity index (χ1n) is 7.21. The van der Waals surface area contributed by atoms with Crippen molar-refractivity contribution in [3.63, 3.8) is 0 Å². The van der Waals surface area contributed by atoms with Gasteiger partial charge in [-0.3, -0.25) is 14.5 Å². The molecule has 3 rings (SSSR count). The molecule has 122 valence electrons. The Kier molecular flexibility index (Phi) is 4.66. The summed E-state index contributed by atoms with van der Waals surface area (Å²) < 4.78 is 18.8. The first-order chi connectivity index (χ1) is 11.6. The van der Waals surface area contributed by atoms with E-state index in [1.54, 1.807) is 55.7 Å². The lowest BCUT2D eigenvalue weighted by Gasteiger charge is -2.12. The molecule has 0 N–H and O–H groups in total. The summed E-state index contributed by atoms with van der Waals surface area (Å²) in [5.74, 6) is -0.139. The van der Waals surface area contributed by atoms with Crippen molar-refractivity contribution in [1.82, 2.24) is 4.90 Å². The van der Waals surface area contributed by atoms with Gasteiger partial charge in [-0.15, -0.1) is 0 Å². The first kappa shape index (κ1) is 16.3. The Balaban J connectivity index is 1.80. The number of halogens is 1. The summed E-state index contributed by atoms with van der Waals surface area (Å²) >= 11 is 0.857. The summed E-state index contributed by atoms with van der Waals surface area (Å²) in [5.41, 5.74) is 1.10. The van der Waals surface area contributed by atoms with Crippen LogP contribution in [-0.2, 0) is 11.3 Å². The molecule has 2 aromatic carbocycles. The fourth-order valence-corrected chi connectivity index (χ4v) is 3.12. The molecule has 0 radical (unpaired) electrons. The number of hydrogen-bond donors (Lipinski definition) is 0. The second-order valence-electron chi connectivity index (χ2n) is 5.13. The molecular weight excluding hydrogens is 329 g/mol. The molecule has 0 unspecified atom stereocenters. The molecule has 2 aromatic rings. The average Bonchev–Trinajstić information content (AvgIpc) is 2.85. The van der Waals surface area contributed by atoms with E-state index in [0.717, 1.165) is 22.2 Å². The number of rotatable bonds is 4. The highest BCUT2D eigenvalue weighted by atomic mass is 32.2. The number of carbonyl (C=O) groups excluding carboxylic acids is 2. The lowest BCUT2D eigenvalue weighted by Crippen LogP contribution is -2.27. The van der Waals surface area contributed by atoms with E-state index in [-0.39, 0.29) is 6.54 Å². The Morgan fingerprint density at radius 2 is 1.83 bits per heavy atom. The number of nitrogens with zero attached hydrogens (tertiary/aromatic N) is 1. The number of hydrogen-bond acceptors (Lipinski definition) is 4. The van der Waals surface area contributed by atoms with Gasteiger partial charge >= 0.3 is 0 Å². The van der Waals surface area contributed by atoms with Crippen LogP contribution in [0.25, 0.3) is 6.08 Å². The van der Waals surface area contributed by atoms with Gasteiger partial charge in [-0.25, -0.2) is 4.39 Å². The molecule has 1 aliphatic heterocycles. The quantitative estimate of drug-likeness (QED) is 0.785. The van der Waals surface area contributed by atoms with Gasteiger partial charge in [0.25, 0.3) is 11.1 Å². The van der Waals surface area contributed by atoms with Crippen LogP contribution in [0, 0.1) is 5.82 Å². The van der Waals surface area contributed by atoms with Crippen molar-refractivity contribution in [2.24, 2.45) is 0 Å². The highest BCUT2D eigenvalue weighted by Gasteiger charge is 2.35. The summed E-state index contributed by atoms with van der Waals surface area (Å²) in [5, 5.41) is -0.400. The zero-order valence-corrected chi connectivity index (χ0v) is 13.7. The van der Waals surface area contributed by atoms with Gasteiger partial charge < -0.3 is 4.74 Å². The minimum absolute atomic E-state index is 0.0721. The van der Waals surface area contributed by atoms with Gasteiger partial charge in [0, 0.05) is 5.56 Å². The topological polar surface area (TPSA) is 46.6 Å². The van der Waals surface area contributed by atoms with Gasteiger partial charge in [0.1, 0.15) is 11.6 Å². The smallest absolute Gasteiger partial charge is 0.293 e. The number of thioether (sulfide) groups is 1. The molecule has 1 fully saturated rings. The summed E-state index contributed by atoms with van der Waals surface area (Å²) in [4.78, 5) is 25.9. The van der Waals surface area contributed by atoms with E-state index in [4.69, 9.17) is 4.74 Å². The van der Waals surface area contributed by atoms with Crippen molar-refractivity contribution in [2.75, 3.05) is 7.11 Å². The van der Waals surface area contributed by atoms with Crippen molar-refractivity contribution >= 4 is 29.0 Å². The van der Waals surface area contributed by atoms with E-state index in [1.165, 1.54) is 6.07 Å². The van der Waals surface area contributed by atoms with Crippen molar-refractivity contribution in [3.05, 3.63) is 70.4 Å². The highest BCUT2D eigenvalue weighted by Crippen LogP contribution is 2.33. The van der Waals surface area contributed by atoms with E-state index >= 15 is 0 Å². The fraction of sp³-hybridized carbons (Fsp3) is 0.111. The van der Waals surface area contributed by atoms with Crippen molar-refractivity contribution < 1.29 is 18.7 Å². The van der Waals surface area contributed by atoms with E-state index in [1.807, 2.05) is 0 Å². The third-order valence-electron chi connectivity index (χ3n) is 3.57. The minimum Gasteiger partial charge on any atom is -0.497 e. The van der Waals surface area contributed by atoms with Crippen LogP contribution in [0.5, 0.6) is 5.75 Å². The first-order valence-corrected chi connectivity index (χ1v) is 8.03. The maximum absolute atomic E-state index is 13.7. The zero-order valence-electron chi connectivity index (χ0n) is 12.9. The zero-order chi connectivity index (χ0) is 17.1. The number of imide groups is 1. The van der Waals surface area contributed by atoms with Gasteiger partial charge in [0.15, 0.2) is 0 Å². The minimum atomic E-state index is -0.435. The van der Waals surface area contributed by atoms with E-state index in [9.17, 15) is 14.0 Å². The Bertz CT molecular complexity index is 817. The van der Waals surface area contributed by atoms with Crippen LogP contribution >= 0.6 is 11.8 Å². The van der Waals surface area contributed by atoms with E-state index < -0.39 is 17.0 Å². The van der Waals surface area contributed by atoms with Crippen molar-refractivity contribution in [1.29, 1.82) is 0 Å². The number of carbonyl (C=O) groups is 2. The molecule has 0 atom stereocenters. The van der Waals surface area contributed by atoms with E-state index in [2.05, 4.69) is 0 Å². The molecule has 6 heteroatoms. The Hall–Kier alpha value is -2.60. The predicted octanol–water partition coefficient (Wildman–Crippen LogP) is 4.07. The van der Waals surface area contributed by atoms with Gasteiger partial charge in [-0.1, -0.05) is 30.3 Å². The van der Waals surface area contributed by atoms with Gasteiger partial charge in [0.05, 0.1) is 18.6 Å². The van der Waals surface area contributed by atoms with Crippen LogP contribution in [0.3, 0.4) is 0 Å². The predicted molar refractivity (Wildman–Crippen MR) is 90.9 cm³/mol. The number of amides is 2. The largest absolute Gasteiger partial charge is 0.497 e. The fourth-order valence-electron chi connectivity index (χ4n) is 2.28. The molecule has 24 heavy (non-hydrogen) atoms. The molecule has 1 heterocycles. The van der Waals surface area contributed by atoms with Crippen molar-refractivity contribution in [2.45, 2.75) is 6.54 Å². The maximum atomic E-state index is 13.7. The SMILES string of the molecule is COc1ccc(/C=C2/SC(=O)N(Cc3ccccc3F)C2=O)cc1. The number of benzene rings is 2. The second kappa shape index (κ2) is 6.88. The average molecular weight is 343 g/mol. The third-order valence-corrected chi connectivity index (χ3v) is 4.48. The molecule has 4 nitrogen and oxygen atoms in total. The highest BCUT2D eigenvalue weighted by molar-refractivity contribution is 8.18. The summed E-state index contributed by atoms with van der Waals surface area (Å²) in [6, 6.07) is 13.2. The Labute approximate surface area is 142 Å². The normalized spacial score (nSPS) is 16.1. The summed E-state index contributed by atoms with van der Waals surface area (Å²) in [6.07, 6.45) is 1.64. The monoisotopic (exact) mass is 343 g/mol. The third kappa shape index (κ3) is 3.33.